The van der Waals surface area contributed by atoms with Gasteiger partial charge >= 0.3 is 6.03 Å². The third-order valence-corrected chi connectivity index (χ3v) is 3.43. The zero-order valence-corrected chi connectivity index (χ0v) is 13.3. The Bertz CT molecular complexity index is 484. The number of ether oxygens (including phenoxy) is 1. The van der Waals surface area contributed by atoms with Gasteiger partial charge in [-0.25, -0.2) is 15.6 Å². The highest BCUT2D eigenvalue weighted by Gasteiger charge is 2.35. The van der Waals surface area contributed by atoms with Crippen LogP contribution < -0.4 is 15.6 Å². The lowest BCUT2D eigenvalue weighted by Crippen LogP contribution is -2.67. The van der Waals surface area contributed by atoms with E-state index in [1.54, 1.807) is 17.1 Å². The second kappa shape index (κ2) is 6.32. The fourth-order valence-electron chi connectivity index (χ4n) is 2.32. The van der Waals surface area contributed by atoms with Gasteiger partial charge in [-0.2, -0.15) is 0 Å². The Morgan fingerprint density at radius 1 is 1.05 bits per heavy atom. The summed E-state index contributed by atoms with van der Waals surface area (Å²) in [5, 5.41) is 3.29. The Morgan fingerprint density at radius 2 is 1.57 bits per heavy atom. The van der Waals surface area contributed by atoms with Crippen LogP contribution >= 0.6 is 0 Å². The molecule has 6 heteroatoms. The van der Waals surface area contributed by atoms with Crippen molar-refractivity contribution in [3.8, 4) is 5.75 Å². The number of hydrogen-bond donors (Lipinski definition) is 2. The van der Waals surface area contributed by atoms with Gasteiger partial charge in [0.05, 0.1) is 7.11 Å². The molecule has 1 heterocycles. The zero-order valence-electron chi connectivity index (χ0n) is 13.3. The summed E-state index contributed by atoms with van der Waals surface area (Å²) >= 11 is 0. The van der Waals surface area contributed by atoms with Gasteiger partial charge in [0.25, 0.3) is 0 Å². The molecule has 0 spiro atoms. The number of urea groups is 1. The monoisotopic (exact) mass is 292 g/mol. The van der Waals surface area contributed by atoms with Gasteiger partial charge in [-0.05, 0) is 33.8 Å². The Labute approximate surface area is 126 Å². The Morgan fingerprint density at radius 3 is 2.05 bits per heavy atom. The topological polar surface area (TPSA) is 56.8 Å². The maximum atomic E-state index is 12.4. The molecule has 116 valence electrons. The van der Waals surface area contributed by atoms with Crippen molar-refractivity contribution in [2.75, 3.05) is 7.11 Å². The molecule has 1 aliphatic heterocycles. The number of hydrazine groups is 2. The number of carbonyl (C=O) groups excluding carboxylic acids is 1. The molecule has 0 saturated carbocycles. The van der Waals surface area contributed by atoms with Crippen molar-refractivity contribution in [2.45, 2.75) is 45.9 Å². The molecule has 0 aromatic heterocycles. The summed E-state index contributed by atoms with van der Waals surface area (Å²) in [6.07, 6.45) is -0.219. The number of nitrogens with zero attached hydrogens (tertiary/aromatic N) is 2. The molecule has 2 amide bonds. The predicted molar refractivity (Wildman–Crippen MR) is 81.4 cm³/mol. The van der Waals surface area contributed by atoms with Crippen LogP contribution in [0.25, 0.3) is 0 Å². The van der Waals surface area contributed by atoms with Crippen molar-refractivity contribution in [1.29, 1.82) is 0 Å². The fourth-order valence-corrected chi connectivity index (χ4v) is 2.32. The van der Waals surface area contributed by atoms with Crippen LogP contribution in [0.4, 0.5) is 4.79 Å². The third-order valence-electron chi connectivity index (χ3n) is 3.43. The number of hydrogen-bond acceptors (Lipinski definition) is 4. The minimum absolute atomic E-state index is 0.0538. The summed E-state index contributed by atoms with van der Waals surface area (Å²) in [6, 6.07) is 7.81. The van der Waals surface area contributed by atoms with E-state index in [1.807, 2.05) is 52.0 Å². The van der Waals surface area contributed by atoms with E-state index < -0.39 is 0 Å². The van der Waals surface area contributed by atoms with Crippen LogP contribution in [0.5, 0.6) is 5.75 Å². The number of carbonyl (C=O) groups is 1. The zero-order chi connectivity index (χ0) is 15.6. The number of methoxy groups -OCH3 is 1. The van der Waals surface area contributed by atoms with Crippen LogP contribution in [-0.2, 0) is 0 Å². The highest BCUT2D eigenvalue weighted by Crippen LogP contribution is 2.26. The molecule has 1 fully saturated rings. The predicted octanol–water partition coefficient (Wildman–Crippen LogP) is 2.26. The summed E-state index contributed by atoms with van der Waals surface area (Å²) in [5.74, 6) is 0.782. The highest BCUT2D eigenvalue weighted by atomic mass is 16.5. The molecule has 0 radical (unpaired) electrons. The first kappa shape index (κ1) is 15.6. The first-order chi connectivity index (χ1) is 9.95. The van der Waals surface area contributed by atoms with Gasteiger partial charge in [0.2, 0.25) is 0 Å². The highest BCUT2D eigenvalue weighted by molar-refractivity contribution is 5.74. The molecule has 6 nitrogen and oxygen atoms in total. The lowest BCUT2D eigenvalue weighted by atomic mass is 10.1. The SMILES string of the molecule is COc1ccccc1C1NN(C(C)C)C(=O)N(C(C)C)N1. The molecule has 1 aromatic carbocycles. The maximum absolute atomic E-state index is 12.4. The molecule has 1 saturated heterocycles. The first-order valence-electron chi connectivity index (χ1n) is 7.23. The second-order valence-corrected chi connectivity index (χ2v) is 5.64. The van der Waals surface area contributed by atoms with Crippen molar-refractivity contribution in [3.63, 3.8) is 0 Å². The normalized spacial score (nSPS) is 17.0. The molecule has 0 bridgehead atoms. The molecule has 2 N–H and O–H groups in total. The van der Waals surface area contributed by atoms with E-state index in [2.05, 4.69) is 10.9 Å². The van der Waals surface area contributed by atoms with Gasteiger partial charge in [0.15, 0.2) is 0 Å². The molecule has 1 aliphatic rings. The van der Waals surface area contributed by atoms with Crippen molar-refractivity contribution in [3.05, 3.63) is 29.8 Å². The van der Waals surface area contributed by atoms with E-state index in [0.29, 0.717) is 0 Å². The van der Waals surface area contributed by atoms with Gasteiger partial charge in [0, 0.05) is 17.6 Å². The van der Waals surface area contributed by atoms with E-state index >= 15 is 0 Å². The molecular weight excluding hydrogens is 268 g/mol. The van der Waals surface area contributed by atoms with Crippen molar-refractivity contribution >= 4 is 6.03 Å². The number of amides is 2. The summed E-state index contributed by atoms with van der Waals surface area (Å²) in [4.78, 5) is 12.4. The smallest absolute Gasteiger partial charge is 0.349 e. The van der Waals surface area contributed by atoms with Crippen molar-refractivity contribution in [2.24, 2.45) is 0 Å². The van der Waals surface area contributed by atoms with E-state index in [1.165, 1.54) is 0 Å². The molecule has 0 unspecified atom stereocenters. The van der Waals surface area contributed by atoms with Gasteiger partial charge in [-0.3, -0.25) is 10.0 Å². The van der Waals surface area contributed by atoms with Crippen LogP contribution in [0.3, 0.4) is 0 Å². The molecule has 21 heavy (non-hydrogen) atoms. The third kappa shape index (κ3) is 3.11. The van der Waals surface area contributed by atoms with Crippen molar-refractivity contribution in [1.82, 2.24) is 20.9 Å². The summed E-state index contributed by atoms with van der Waals surface area (Å²) in [5.41, 5.74) is 7.42. The number of nitrogens with one attached hydrogen (secondary N) is 2. The Kier molecular flexibility index (Phi) is 4.69. The van der Waals surface area contributed by atoms with Gasteiger partial charge in [-0.1, -0.05) is 18.2 Å². The molecule has 2 rings (SSSR count). The van der Waals surface area contributed by atoms with Crippen LogP contribution in [0.15, 0.2) is 24.3 Å². The van der Waals surface area contributed by atoms with Crippen LogP contribution in [-0.4, -0.2) is 35.2 Å². The Hall–Kier alpha value is -1.79. The van der Waals surface area contributed by atoms with Gasteiger partial charge < -0.3 is 4.74 Å². The van der Waals surface area contributed by atoms with E-state index in [4.69, 9.17) is 4.74 Å². The van der Waals surface area contributed by atoms with E-state index in [-0.39, 0.29) is 24.3 Å². The standard InChI is InChI=1S/C15H24N4O2/c1-10(2)18-15(20)19(11(3)4)17-14(16-18)12-8-6-7-9-13(12)21-5/h6-11,14,16-17H,1-5H3. The number of rotatable bonds is 4. The molecular formula is C15H24N4O2. The van der Waals surface area contributed by atoms with Crippen LogP contribution in [0.2, 0.25) is 0 Å². The van der Waals surface area contributed by atoms with E-state index in [9.17, 15) is 4.79 Å². The number of para-hydroxylation sites is 1. The average Bonchev–Trinajstić information content (AvgIpc) is 2.46. The van der Waals surface area contributed by atoms with Gasteiger partial charge in [-0.15, -0.1) is 0 Å². The first-order valence-corrected chi connectivity index (χ1v) is 7.23. The molecule has 0 atom stereocenters. The minimum atomic E-state index is -0.219. The van der Waals surface area contributed by atoms with Crippen molar-refractivity contribution < 1.29 is 9.53 Å². The lowest BCUT2D eigenvalue weighted by Gasteiger charge is -2.45. The summed E-state index contributed by atoms with van der Waals surface area (Å²) in [6.45, 7) is 7.92. The molecule has 0 aliphatic carbocycles. The molecule has 1 aromatic rings. The van der Waals surface area contributed by atoms with E-state index in [0.717, 1.165) is 11.3 Å². The van der Waals surface area contributed by atoms with Crippen LogP contribution in [0.1, 0.15) is 39.4 Å². The largest absolute Gasteiger partial charge is 0.496 e. The number of benzene rings is 1. The minimum Gasteiger partial charge on any atom is -0.496 e. The summed E-state index contributed by atoms with van der Waals surface area (Å²) in [7, 11) is 1.65. The summed E-state index contributed by atoms with van der Waals surface area (Å²) < 4.78 is 5.41. The van der Waals surface area contributed by atoms with Gasteiger partial charge in [0.1, 0.15) is 11.9 Å². The average molecular weight is 292 g/mol. The quantitative estimate of drug-likeness (QED) is 0.894. The maximum Gasteiger partial charge on any atom is 0.349 e. The fraction of sp³-hybridized carbons (Fsp3) is 0.533. The van der Waals surface area contributed by atoms with Crippen LogP contribution in [0, 0.1) is 0 Å². The lowest BCUT2D eigenvalue weighted by molar-refractivity contribution is 0.00320. The second-order valence-electron chi connectivity index (χ2n) is 5.64. The Balaban J connectivity index is 2.33.